The summed E-state index contributed by atoms with van der Waals surface area (Å²) in [4.78, 5) is 3.96. The molecule has 0 saturated heterocycles. The number of aryl methyl sites for hydroxylation is 2. The lowest BCUT2D eigenvalue weighted by atomic mass is 10.1. The van der Waals surface area contributed by atoms with Gasteiger partial charge in [0, 0.05) is 18.1 Å². The lowest BCUT2D eigenvalue weighted by Crippen LogP contribution is -2.13. The van der Waals surface area contributed by atoms with E-state index in [2.05, 4.69) is 9.71 Å². The molecular weight excluding hydrogens is 248 g/mol. The third-order valence-corrected chi connectivity index (χ3v) is 4.07. The van der Waals surface area contributed by atoms with Crippen LogP contribution in [0.15, 0.2) is 47.6 Å². The highest BCUT2D eigenvalue weighted by atomic mass is 32.2. The van der Waals surface area contributed by atoms with Gasteiger partial charge in [0.2, 0.25) is 0 Å². The van der Waals surface area contributed by atoms with Gasteiger partial charge in [-0.1, -0.05) is 6.07 Å². The normalized spacial score (nSPS) is 11.2. The smallest absolute Gasteiger partial charge is 0.263 e. The number of aromatic nitrogens is 1. The predicted molar refractivity (Wildman–Crippen MR) is 71.0 cm³/mol. The fraction of sp³-hybridized carbons (Fsp3) is 0.154. The zero-order chi connectivity index (χ0) is 13.2. The average Bonchev–Trinajstić information content (AvgIpc) is 2.35. The molecule has 0 saturated carbocycles. The Balaban J connectivity index is 2.31. The van der Waals surface area contributed by atoms with Crippen LogP contribution in [0.3, 0.4) is 0 Å². The van der Waals surface area contributed by atoms with Crippen molar-refractivity contribution in [3.05, 3.63) is 53.9 Å². The number of benzene rings is 1. The average molecular weight is 262 g/mol. The third kappa shape index (κ3) is 2.68. The van der Waals surface area contributed by atoms with Crippen molar-refractivity contribution in [2.75, 3.05) is 4.72 Å². The maximum absolute atomic E-state index is 12.0. The van der Waals surface area contributed by atoms with Crippen LogP contribution in [-0.4, -0.2) is 13.4 Å². The van der Waals surface area contributed by atoms with Crippen LogP contribution in [0.4, 0.5) is 5.69 Å². The Hall–Kier alpha value is -1.88. The van der Waals surface area contributed by atoms with E-state index >= 15 is 0 Å². The number of sulfonamides is 1. The molecule has 0 amide bonds. The topological polar surface area (TPSA) is 59.1 Å². The van der Waals surface area contributed by atoms with Gasteiger partial charge in [0.05, 0.1) is 0 Å². The Morgan fingerprint density at radius 2 is 1.89 bits per heavy atom. The Bertz CT molecular complexity index is 652. The van der Waals surface area contributed by atoms with Crippen molar-refractivity contribution < 1.29 is 8.42 Å². The highest BCUT2D eigenvalue weighted by Gasteiger charge is 2.13. The first-order chi connectivity index (χ1) is 8.49. The first-order valence-corrected chi connectivity index (χ1v) is 6.97. The van der Waals surface area contributed by atoms with Crippen LogP contribution in [0.25, 0.3) is 0 Å². The highest BCUT2D eigenvalue weighted by molar-refractivity contribution is 7.92. The molecule has 2 rings (SSSR count). The van der Waals surface area contributed by atoms with E-state index in [1.165, 1.54) is 18.5 Å². The van der Waals surface area contributed by atoms with Crippen LogP contribution in [0.5, 0.6) is 0 Å². The molecule has 1 aromatic heterocycles. The van der Waals surface area contributed by atoms with Gasteiger partial charge >= 0.3 is 0 Å². The summed E-state index contributed by atoms with van der Waals surface area (Å²) in [5, 5.41) is 0. The molecule has 4 nitrogen and oxygen atoms in total. The van der Waals surface area contributed by atoms with Crippen molar-refractivity contribution >= 4 is 15.7 Å². The molecule has 94 valence electrons. The molecule has 0 fully saturated rings. The first kappa shape index (κ1) is 12.6. The molecule has 0 aliphatic heterocycles. The van der Waals surface area contributed by atoms with E-state index in [1.54, 1.807) is 12.1 Å². The second-order valence-electron chi connectivity index (χ2n) is 4.09. The van der Waals surface area contributed by atoms with Crippen LogP contribution in [0, 0.1) is 13.8 Å². The molecule has 5 heteroatoms. The van der Waals surface area contributed by atoms with Gasteiger partial charge in [-0.15, -0.1) is 0 Å². The summed E-state index contributed by atoms with van der Waals surface area (Å²) in [6, 6.07) is 8.54. The number of nitrogens with one attached hydrogen (secondary N) is 1. The monoisotopic (exact) mass is 262 g/mol. The Morgan fingerprint density at radius 1 is 1.11 bits per heavy atom. The van der Waals surface area contributed by atoms with Crippen molar-refractivity contribution in [1.82, 2.24) is 4.98 Å². The maximum atomic E-state index is 12.0. The Labute approximate surface area is 107 Å². The summed E-state index contributed by atoms with van der Waals surface area (Å²) in [6.07, 6.45) is 2.86. The summed E-state index contributed by atoms with van der Waals surface area (Å²) in [6.45, 7) is 3.92. The van der Waals surface area contributed by atoms with Gasteiger partial charge in [-0.2, -0.15) is 0 Å². The van der Waals surface area contributed by atoms with E-state index in [0.717, 1.165) is 11.1 Å². The summed E-state index contributed by atoms with van der Waals surface area (Å²) < 4.78 is 26.6. The molecule has 0 spiro atoms. The van der Waals surface area contributed by atoms with Crippen molar-refractivity contribution in [2.24, 2.45) is 0 Å². The lowest BCUT2D eigenvalue weighted by molar-refractivity contribution is 0.601. The molecule has 0 atom stereocenters. The van der Waals surface area contributed by atoms with Crippen LogP contribution >= 0.6 is 0 Å². The second kappa shape index (κ2) is 4.78. The van der Waals surface area contributed by atoms with E-state index in [-0.39, 0.29) is 4.90 Å². The molecule has 1 aromatic carbocycles. The van der Waals surface area contributed by atoms with E-state index in [0.29, 0.717) is 5.69 Å². The fourth-order valence-electron chi connectivity index (χ4n) is 1.53. The van der Waals surface area contributed by atoms with Crippen molar-refractivity contribution in [3.8, 4) is 0 Å². The van der Waals surface area contributed by atoms with Crippen molar-refractivity contribution in [3.63, 3.8) is 0 Å². The summed E-state index contributed by atoms with van der Waals surface area (Å²) in [5.41, 5.74) is 2.72. The van der Waals surface area contributed by atoms with Gasteiger partial charge < -0.3 is 0 Å². The Kier molecular flexibility index (Phi) is 3.34. The molecule has 1 heterocycles. The third-order valence-electron chi connectivity index (χ3n) is 2.70. The molecule has 0 aliphatic rings. The summed E-state index contributed by atoms with van der Waals surface area (Å²) >= 11 is 0. The van der Waals surface area contributed by atoms with Crippen molar-refractivity contribution in [2.45, 2.75) is 18.7 Å². The molecule has 0 radical (unpaired) electrons. The zero-order valence-electron chi connectivity index (χ0n) is 10.2. The van der Waals surface area contributed by atoms with E-state index in [9.17, 15) is 8.42 Å². The number of hydrogen-bond acceptors (Lipinski definition) is 3. The molecular formula is C13H14N2O2S. The minimum atomic E-state index is -3.56. The van der Waals surface area contributed by atoms with Gasteiger partial charge in [0.15, 0.2) is 0 Å². The van der Waals surface area contributed by atoms with Crippen LogP contribution in [0.1, 0.15) is 11.1 Å². The van der Waals surface area contributed by atoms with Crippen LogP contribution in [-0.2, 0) is 10.0 Å². The number of anilines is 1. The van der Waals surface area contributed by atoms with Gasteiger partial charge in [-0.05, 0) is 49.2 Å². The van der Waals surface area contributed by atoms with Crippen molar-refractivity contribution in [1.29, 1.82) is 0 Å². The quantitative estimate of drug-likeness (QED) is 0.924. The fourth-order valence-corrected chi connectivity index (χ4v) is 2.54. The minimum Gasteiger partial charge on any atom is -0.280 e. The van der Waals surface area contributed by atoms with Crippen LogP contribution in [0.2, 0.25) is 0 Å². The minimum absolute atomic E-state index is 0.156. The second-order valence-corrected chi connectivity index (χ2v) is 5.78. The van der Waals surface area contributed by atoms with Gasteiger partial charge in [0.25, 0.3) is 10.0 Å². The molecule has 0 aliphatic carbocycles. The molecule has 18 heavy (non-hydrogen) atoms. The largest absolute Gasteiger partial charge is 0.280 e. The highest BCUT2D eigenvalue weighted by Crippen LogP contribution is 2.18. The van der Waals surface area contributed by atoms with E-state index < -0.39 is 10.0 Å². The van der Waals surface area contributed by atoms with Gasteiger partial charge in [0.1, 0.15) is 4.90 Å². The van der Waals surface area contributed by atoms with Crippen LogP contribution < -0.4 is 4.72 Å². The first-order valence-electron chi connectivity index (χ1n) is 5.49. The zero-order valence-corrected chi connectivity index (χ0v) is 11.0. The Morgan fingerprint density at radius 3 is 2.50 bits per heavy atom. The molecule has 0 bridgehead atoms. The summed E-state index contributed by atoms with van der Waals surface area (Å²) in [7, 11) is -3.56. The maximum Gasteiger partial charge on any atom is 0.263 e. The van der Waals surface area contributed by atoms with Gasteiger partial charge in [-0.3, -0.25) is 9.71 Å². The standard InChI is InChI=1S/C13H14N2O2S/c1-10-5-6-12(8-11(10)2)15-18(16,17)13-4-3-7-14-9-13/h3-9,15H,1-2H3. The number of rotatable bonds is 3. The SMILES string of the molecule is Cc1ccc(NS(=O)(=O)c2cccnc2)cc1C. The van der Waals surface area contributed by atoms with Gasteiger partial charge in [-0.25, -0.2) is 8.42 Å². The predicted octanol–water partition coefficient (Wildman–Crippen LogP) is 2.50. The van der Waals surface area contributed by atoms with E-state index in [4.69, 9.17) is 0 Å². The number of hydrogen-bond donors (Lipinski definition) is 1. The number of pyridine rings is 1. The molecule has 0 unspecified atom stereocenters. The van der Waals surface area contributed by atoms with E-state index in [1.807, 2.05) is 26.0 Å². The summed E-state index contributed by atoms with van der Waals surface area (Å²) in [5.74, 6) is 0. The lowest BCUT2D eigenvalue weighted by Gasteiger charge is -2.09. The molecule has 2 aromatic rings. The molecule has 1 N–H and O–H groups in total. The number of nitrogens with zero attached hydrogens (tertiary/aromatic N) is 1.